The minimum atomic E-state index is -0.798. The molecule has 1 aromatic carbocycles. The third kappa shape index (κ3) is 3.16. The lowest BCUT2D eigenvalue weighted by molar-refractivity contribution is -0.139. The average Bonchev–Trinajstić information content (AvgIpc) is 2.32. The SMILES string of the molecule is O=C(O)C1CCSC(c2cc(Cl)ccc2Br)N1. The highest BCUT2D eigenvalue weighted by molar-refractivity contribution is 9.10. The van der Waals surface area contributed by atoms with Crippen molar-refractivity contribution in [1.82, 2.24) is 5.32 Å². The van der Waals surface area contributed by atoms with Gasteiger partial charge in [-0.2, -0.15) is 0 Å². The number of carbonyl (C=O) groups is 1. The van der Waals surface area contributed by atoms with Crippen molar-refractivity contribution in [1.29, 1.82) is 0 Å². The van der Waals surface area contributed by atoms with Crippen LogP contribution < -0.4 is 5.32 Å². The zero-order valence-electron chi connectivity index (χ0n) is 8.82. The quantitative estimate of drug-likeness (QED) is 0.870. The fraction of sp³-hybridized carbons (Fsp3) is 0.364. The predicted octanol–water partition coefficient (Wildman–Crippen LogP) is 3.28. The lowest BCUT2D eigenvalue weighted by atomic mass is 10.1. The number of hydrogen-bond donors (Lipinski definition) is 2. The van der Waals surface area contributed by atoms with Crippen LogP contribution in [0.3, 0.4) is 0 Å². The Morgan fingerprint density at radius 1 is 1.59 bits per heavy atom. The Labute approximate surface area is 117 Å². The molecule has 2 unspecified atom stereocenters. The number of thioether (sulfide) groups is 1. The molecule has 1 heterocycles. The molecule has 6 heteroatoms. The van der Waals surface area contributed by atoms with Crippen LogP contribution in [0.4, 0.5) is 0 Å². The van der Waals surface area contributed by atoms with Crippen LogP contribution in [0.15, 0.2) is 22.7 Å². The first-order chi connectivity index (χ1) is 8.08. The minimum Gasteiger partial charge on any atom is -0.480 e. The van der Waals surface area contributed by atoms with Crippen LogP contribution in [-0.4, -0.2) is 22.9 Å². The molecule has 2 N–H and O–H groups in total. The largest absolute Gasteiger partial charge is 0.480 e. The maximum absolute atomic E-state index is 11.0. The summed E-state index contributed by atoms with van der Waals surface area (Å²) in [6, 6.07) is 5.06. The van der Waals surface area contributed by atoms with E-state index in [1.807, 2.05) is 12.1 Å². The predicted molar refractivity (Wildman–Crippen MR) is 73.5 cm³/mol. The Kier molecular flexibility index (Phi) is 4.36. The van der Waals surface area contributed by atoms with Gasteiger partial charge < -0.3 is 5.11 Å². The number of benzene rings is 1. The highest BCUT2D eigenvalue weighted by atomic mass is 79.9. The van der Waals surface area contributed by atoms with Crippen molar-refractivity contribution in [2.24, 2.45) is 0 Å². The van der Waals surface area contributed by atoms with Crippen LogP contribution in [0.5, 0.6) is 0 Å². The summed E-state index contributed by atoms with van der Waals surface area (Å²) in [5, 5.41) is 12.8. The first kappa shape index (κ1) is 13.2. The third-order valence-corrected chi connectivity index (χ3v) is 4.73. The van der Waals surface area contributed by atoms with E-state index < -0.39 is 12.0 Å². The molecule has 2 atom stereocenters. The van der Waals surface area contributed by atoms with E-state index in [0.29, 0.717) is 11.4 Å². The lowest BCUT2D eigenvalue weighted by Crippen LogP contribution is -2.41. The number of carboxylic acid groups (broad SMARTS) is 1. The van der Waals surface area contributed by atoms with Crippen molar-refractivity contribution < 1.29 is 9.90 Å². The second-order valence-corrected chi connectivity index (χ2v) is 6.27. The van der Waals surface area contributed by atoms with E-state index in [0.717, 1.165) is 15.8 Å². The molecule has 17 heavy (non-hydrogen) atoms. The number of rotatable bonds is 2. The number of aliphatic carboxylic acids is 1. The molecule has 1 aliphatic rings. The van der Waals surface area contributed by atoms with E-state index >= 15 is 0 Å². The van der Waals surface area contributed by atoms with Gasteiger partial charge in [0.05, 0.1) is 5.37 Å². The van der Waals surface area contributed by atoms with Gasteiger partial charge >= 0.3 is 5.97 Å². The zero-order valence-corrected chi connectivity index (χ0v) is 12.0. The first-order valence-electron chi connectivity index (χ1n) is 5.13. The van der Waals surface area contributed by atoms with E-state index in [1.165, 1.54) is 0 Å². The van der Waals surface area contributed by atoms with Crippen LogP contribution >= 0.6 is 39.3 Å². The Balaban J connectivity index is 2.21. The second kappa shape index (κ2) is 5.61. The molecule has 0 radical (unpaired) electrons. The molecule has 0 bridgehead atoms. The topological polar surface area (TPSA) is 49.3 Å². The van der Waals surface area contributed by atoms with E-state index in [-0.39, 0.29) is 5.37 Å². The third-order valence-electron chi connectivity index (χ3n) is 2.58. The van der Waals surface area contributed by atoms with Crippen LogP contribution in [-0.2, 0) is 4.79 Å². The van der Waals surface area contributed by atoms with E-state index in [1.54, 1.807) is 17.8 Å². The molecule has 0 aromatic heterocycles. The molecule has 0 amide bonds. The number of carboxylic acids is 1. The lowest BCUT2D eigenvalue weighted by Gasteiger charge is -2.29. The van der Waals surface area contributed by atoms with Gasteiger partial charge in [0.1, 0.15) is 6.04 Å². The summed E-state index contributed by atoms with van der Waals surface area (Å²) in [4.78, 5) is 11.0. The Hall–Kier alpha value is -0.230. The van der Waals surface area contributed by atoms with Gasteiger partial charge in [0.25, 0.3) is 0 Å². The van der Waals surface area contributed by atoms with Crippen molar-refractivity contribution in [3.05, 3.63) is 33.3 Å². The van der Waals surface area contributed by atoms with Gasteiger partial charge in [-0.3, -0.25) is 10.1 Å². The summed E-state index contributed by atoms with van der Waals surface area (Å²) in [6.07, 6.45) is 0.648. The minimum absolute atomic E-state index is 0.0297. The molecular formula is C11H11BrClNO2S. The summed E-state index contributed by atoms with van der Waals surface area (Å²) in [5.41, 5.74) is 0.994. The molecule has 1 aliphatic heterocycles. The monoisotopic (exact) mass is 335 g/mol. The Bertz CT molecular complexity index is 443. The number of nitrogens with one attached hydrogen (secondary N) is 1. The fourth-order valence-electron chi connectivity index (χ4n) is 1.71. The molecule has 0 spiro atoms. The summed E-state index contributed by atoms with van der Waals surface area (Å²) >= 11 is 11.1. The normalized spacial score (nSPS) is 24.6. The molecule has 0 aliphatic carbocycles. The Morgan fingerprint density at radius 2 is 2.35 bits per heavy atom. The van der Waals surface area contributed by atoms with Crippen molar-refractivity contribution in [3.63, 3.8) is 0 Å². The molecule has 2 rings (SSSR count). The van der Waals surface area contributed by atoms with E-state index in [4.69, 9.17) is 16.7 Å². The molecule has 1 fully saturated rings. The standard InChI is InChI=1S/C11H11BrClNO2S/c12-8-2-1-6(13)5-7(8)10-14-9(11(15)16)3-4-17-10/h1-2,5,9-10,14H,3-4H2,(H,15,16). The fourth-order valence-corrected chi connectivity index (χ4v) is 3.76. The summed E-state index contributed by atoms with van der Waals surface area (Å²) < 4.78 is 0.943. The first-order valence-corrected chi connectivity index (χ1v) is 7.35. The maximum Gasteiger partial charge on any atom is 0.320 e. The number of hydrogen-bond acceptors (Lipinski definition) is 3. The van der Waals surface area contributed by atoms with Gasteiger partial charge in [0.2, 0.25) is 0 Å². The van der Waals surface area contributed by atoms with Gasteiger partial charge in [-0.25, -0.2) is 0 Å². The Morgan fingerprint density at radius 3 is 3.06 bits per heavy atom. The van der Waals surface area contributed by atoms with Gasteiger partial charge in [-0.15, -0.1) is 11.8 Å². The molecular weight excluding hydrogens is 326 g/mol. The van der Waals surface area contributed by atoms with Crippen molar-refractivity contribution in [2.75, 3.05) is 5.75 Å². The number of halogens is 2. The van der Waals surface area contributed by atoms with Crippen LogP contribution in [0.25, 0.3) is 0 Å². The van der Waals surface area contributed by atoms with Gasteiger partial charge in [-0.1, -0.05) is 27.5 Å². The smallest absolute Gasteiger partial charge is 0.320 e. The maximum atomic E-state index is 11.0. The summed E-state index contributed by atoms with van der Waals surface area (Å²) in [5.74, 6) is 0.0292. The van der Waals surface area contributed by atoms with Crippen LogP contribution in [0.2, 0.25) is 5.02 Å². The molecule has 0 saturated carbocycles. The molecule has 3 nitrogen and oxygen atoms in total. The van der Waals surface area contributed by atoms with E-state index in [2.05, 4.69) is 21.2 Å². The highest BCUT2D eigenvalue weighted by Crippen LogP contribution is 2.36. The summed E-state index contributed by atoms with van der Waals surface area (Å²) in [7, 11) is 0. The van der Waals surface area contributed by atoms with Crippen molar-refractivity contribution >= 4 is 45.3 Å². The molecule has 92 valence electrons. The highest BCUT2D eigenvalue weighted by Gasteiger charge is 2.28. The van der Waals surface area contributed by atoms with Crippen LogP contribution in [0.1, 0.15) is 17.4 Å². The van der Waals surface area contributed by atoms with Gasteiger partial charge in [-0.05, 0) is 35.9 Å². The molecule has 1 saturated heterocycles. The second-order valence-electron chi connectivity index (χ2n) is 3.76. The van der Waals surface area contributed by atoms with E-state index in [9.17, 15) is 4.79 Å². The molecule has 1 aromatic rings. The zero-order chi connectivity index (χ0) is 12.4. The summed E-state index contributed by atoms with van der Waals surface area (Å²) in [6.45, 7) is 0. The van der Waals surface area contributed by atoms with Crippen molar-refractivity contribution in [3.8, 4) is 0 Å². The van der Waals surface area contributed by atoms with Gasteiger partial charge in [0, 0.05) is 9.50 Å². The van der Waals surface area contributed by atoms with Gasteiger partial charge in [0.15, 0.2) is 0 Å². The average molecular weight is 337 g/mol. The van der Waals surface area contributed by atoms with Crippen molar-refractivity contribution in [2.45, 2.75) is 17.8 Å². The van der Waals surface area contributed by atoms with Crippen LogP contribution in [0, 0.1) is 0 Å².